The average molecular weight is 238 g/mol. The number of hydrogen-bond donors (Lipinski definition) is 2. The van der Waals surface area contributed by atoms with Crippen LogP contribution in [0.2, 0.25) is 0 Å². The predicted molar refractivity (Wildman–Crippen MR) is 57.9 cm³/mol. The third-order valence-corrected chi connectivity index (χ3v) is 4.09. The number of nitrogens with two attached hydrogens (primary N) is 1. The van der Waals surface area contributed by atoms with Gasteiger partial charge >= 0.3 is 0 Å². The highest BCUT2D eigenvalue weighted by Gasteiger charge is 2.25. The van der Waals surface area contributed by atoms with Gasteiger partial charge in [0.1, 0.15) is 5.84 Å². The lowest BCUT2D eigenvalue weighted by Gasteiger charge is -2.26. The molecular weight excluding hydrogens is 220 g/mol. The molecule has 0 bridgehead atoms. The van der Waals surface area contributed by atoms with Gasteiger partial charge in [-0.1, -0.05) is 5.16 Å². The minimum absolute atomic E-state index is 0.00306. The fourth-order valence-corrected chi connectivity index (χ4v) is 2.00. The summed E-state index contributed by atoms with van der Waals surface area (Å²) in [6.07, 6.45) is 0.181. The first kappa shape index (κ1) is 14.1. The lowest BCUT2D eigenvalue weighted by Crippen LogP contribution is -2.43. The third kappa shape index (κ3) is 3.65. The Morgan fingerprint density at radius 3 is 2.27 bits per heavy atom. The van der Waals surface area contributed by atoms with Crippen LogP contribution in [-0.4, -0.2) is 55.3 Å². The van der Waals surface area contributed by atoms with Gasteiger partial charge in [-0.05, 0) is 6.92 Å². The first-order valence-electron chi connectivity index (χ1n) is 4.35. The van der Waals surface area contributed by atoms with E-state index in [0.29, 0.717) is 0 Å². The smallest absolute Gasteiger partial charge is 0.281 e. The third-order valence-electron chi connectivity index (χ3n) is 2.08. The summed E-state index contributed by atoms with van der Waals surface area (Å²) in [4.78, 5) is 0. The van der Waals surface area contributed by atoms with Gasteiger partial charge in [-0.25, -0.2) is 0 Å². The standard InChI is InChI=1S/C7H18N4O3S/c1-6(5-7(8)9-12)11(4)15(13,14)10(2)3/h6,12H,5H2,1-4H3,(H2,8,9). The van der Waals surface area contributed by atoms with Gasteiger partial charge < -0.3 is 10.9 Å². The summed E-state index contributed by atoms with van der Waals surface area (Å²) < 4.78 is 25.6. The fraction of sp³-hybridized carbons (Fsp3) is 0.857. The van der Waals surface area contributed by atoms with Crippen molar-refractivity contribution in [2.24, 2.45) is 10.9 Å². The Labute approximate surface area is 90.3 Å². The van der Waals surface area contributed by atoms with E-state index in [1.807, 2.05) is 0 Å². The molecule has 0 saturated carbocycles. The van der Waals surface area contributed by atoms with E-state index in [9.17, 15) is 8.42 Å². The van der Waals surface area contributed by atoms with Crippen LogP contribution in [0.15, 0.2) is 5.16 Å². The molecule has 1 unspecified atom stereocenters. The zero-order valence-corrected chi connectivity index (χ0v) is 10.2. The molecule has 0 amide bonds. The van der Waals surface area contributed by atoms with Crippen LogP contribution in [-0.2, 0) is 10.2 Å². The summed E-state index contributed by atoms with van der Waals surface area (Å²) in [5.41, 5.74) is 5.30. The summed E-state index contributed by atoms with van der Waals surface area (Å²) in [5.74, 6) is 0.00306. The van der Waals surface area contributed by atoms with Crippen molar-refractivity contribution in [3.05, 3.63) is 0 Å². The van der Waals surface area contributed by atoms with Crippen molar-refractivity contribution in [2.45, 2.75) is 19.4 Å². The molecule has 0 aromatic rings. The van der Waals surface area contributed by atoms with E-state index in [1.54, 1.807) is 6.92 Å². The van der Waals surface area contributed by atoms with Crippen molar-refractivity contribution in [2.75, 3.05) is 21.1 Å². The minimum atomic E-state index is -3.46. The van der Waals surface area contributed by atoms with Crippen molar-refractivity contribution in [3.63, 3.8) is 0 Å². The quantitative estimate of drug-likeness (QED) is 0.285. The van der Waals surface area contributed by atoms with E-state index < -0.39 is 10.2 Å². The largest absolute Gasteiger partial charge is 0.409 e. The molecule has 1 atom stereocenters. The van der Waals surface area contributed by atoms with Crippen LogP contribution in [0.25, 0.3) is 0 Å². The highest BCUT2D eigenvalue weighted by Crippen LogP contribution is 2.09. The summed E-state index contributed by atoms with van der Waals surface area (Å²) >= 11 is 0. The van der Waals surface area contributed by atoms with Gasteiger partial charge in [0, 0.05) is 33.6 Å². The van der Waals surface area contributed by atoms with Gasteiger partial charge in [0.05, 0.1) is 0 Å². The Kier molecular flexibility index (Phi) is 4.98. The molecule has 90 valence electrons. The highest BCUT2D eigenvalue weighted by atomic mass is 32.2. The maximum Gasteiger partial charge on any atom is 0.281 e. The first-order valence-corrected chi connectivity index (χ1v) is 5.75. The second-order valence-electron chi connectivity index (χ2n) is 3.45. The number of nitrogens with zero attached hydrogens (tertiary/aromatic N) is 3. The van der Waals surface area contributed by atoms with E-state index in [2.05, 4.69) is 5.16 Å². The zero-order valence-electron chi connectivity index (χ0n) is 9.38. The van der Waals surface area contributed by atoms with Crippen LogP contribution in [0.3, 0.4) is 0 Å². The summed E-state index contributed by atoms with van der Waals surface area (Å²) in [6, 6.07) is -0.367. The number of hydrogen-bond acceptors (Lipinski definition) is 4. The Morgan fingerprint density at radius 1 is 1.47 bits per heavy atom. The Balaban J connectivity index is 4.66. The lowest BCUT2D eigenvalue weighted by atomic mass is 10.2. The highest BCUT2D eigenvalue weighted by molar-refractivity contribution is 7.86. The molecule has 0 fully saturated rings. The van der Waals surface area contributed by atoms with E-state index >= 15 is 0 Å². The average Bonchev–Trinajstić information content (AvgIpc) is 2.15. The fourth-order valence-electron chi connectivity index (χ4n) is 0.957. The Bertz CT molecular complexity index is 325. The van der Waals surface area contributed by atoms with Crippen molar-refractivity contribution < 1.29 is 13.6 Å². The zero-order chi connectivity index (χ0) is 12.2. The van der Waals surface area contributed by atoms with Gasteiger partial charge in [0.2, 0.25) is 0 Å². The molecule has 0 aromatic heterocycles. The van der Waals surface area contributed by atoms with E-state index in [1.165, 1.54) is 25.4 Å². The topological polar surface area (TPSA) is 99.2 Å². The van der Waals surface area contributed by atoms with Crippen molar-refractivity contribution >= 4 is 16.0 Å². The summed E-state index contributed by atoms with van der Waals surface area (Å²) in [7, 11) is 0.887. The number of rotatable bonds is 5. The molecule has 0 heterocycles. The van der Waals surface area contributed by atoms with Crippen LogP contribution >= 0.6 is 0 Å². The van der Waals surface area contributed by atoms with Gasteiger partial charge in [0.25, 0.3) is 10.2 Å². The molecule has 0 aliphatic carbocycles. The van der Waals surface area contributed by atoms with Crippen LogP contribution in [0.5, 0.6) is 0 Å². The molecule has 0 aromatic carbocycles. The Morgan fingerprint density at radius 2 is 1.93 bits per heavy atom. The molecule has 0 rings (SSSR count). The molecule has 0 radical (unpaired) electrons. The van der Waals surface area contributed by atoms with E-state index in [-0.39, 0.29) is 18.3 Å². The Hall–Kier alpha value is -0.860. The molecule has 3 N–H and O–H groups in total. The lowest BCUT2D eigenvalue weighted by molar-refractivity contribution is 0.312. The van der Waals surface area contributed by atoms with Crippen molar-refractivity contribution in [3.8, 4) is 0 Å². The predicted octanol–water partition coefficient (Wildman–Crippen LogP) is -0.750. The van der Waals surface area contributed by atoms with Gasteiger partial charge in [0.15, 0.2) is 0 Å². The molecule has 0 aliphatic heterocycles. The van der Waals surface area contributed by atoms with Crippen LogP contribution in [0.1, 0.15) is 13.3 Å². The van der Waals surface area contributed by atoms with Gasteiger partial charge in [-0.15, -0.1) is 0 Å². The molecular formula is C7H18N4O3S. The first-order chi connectivity index (χ1) is 6.73. The van der Waals surface area contributed by atoms with Crippen LogP contribution in [0.4, 0.5) is 0 Å². The maximum atomic E-state index is 11.7. The number of amidine groups is 1. The normalized spacial score (nSPS) is 16.0. The van der Waals surface area contributed by atoms with Gasteiger partial charge in [-0.3, -0.25) is 0 Å². The van der Waals surface area contributed by atoms with Crippen LogP contribution < -0.4 is 5.73 Å². The molecule has 0 saturated heterocycles. The second-order valence-corrected chi connectivity index (χ2v) is 5.65. The molecule has 7 nitrogen and oxygen atoms in total. The van der Waals surface area contributed by atoms with Crippen molar-refractivity contribution in [1.82, 2.24) is 8.61 Å². The second kappa shape index (κ2) is 5.29. The number of oxime groups is 1. The van der Waals surface area contributed by atoms with Crippen molar-refractivity contribution in [1.29, 1.82) is 0 Å². The molecule has 8 heteroatoms. The van der Waals surface area contributed by atoms with E-state index in [0.717, 1.165) is 4.31 Å². The minimum Gasteiger partial charge on any atom is -0.409 e. The van der Waals surface area contributed by atoms with E-state index in [4.69, 9.17) is 10.9 Å². The monoisotopic (exact) mass is 238 g/mol. The summed E-state index contributed by atoms with van der Waals surface area (Å²) in [6.45, 7) is 1.68. The SMILES string of the molecule is CC(CC(N)=NO)N(C)S(=O)(=O)N(C)C. The molecule has 0 aliphatic rings. The van der Waals surface area contributed by atoms with Gasteiger partial charge in [-0.2, -0.15) is 17.0 Å². The molecule has 0 spiro atoms. The summed E-state index contributed by atoms with van der Waals surface area (Å²) in [5, 5.41) is 11.2. The maximum absolute atomic E-state index is 11.7. The molecule has 15 heavy (non-hydrogen) atoms. The van der Waals surface area contributed by atoms with Crippen LogP contribution in [0, 0.1) is 0 Å².